The molecule has 0 saturated carbocycles. The van der Waals surface area contributed by atoms with Crippen LogP contribution >= 0.6 is 23.2 Å². The van der Waals surface area contributed by atoms with E-state index in [4.69, 9.17) is 28.9 Å². The smallest absolute Gasteiger partial charge is 0.111 e. The number of nitrogens with one attached hydrogen (secondary N) is 1. The molecule has 20 heavy (non-hydrogen) atoms. The number of benzene rings is 2. The lowest BCUT2D eigenvalue weighted by atomic mass is 10.1. The number of aromatic nitrogens is 2. The highest BCUT2D eigenvalue weighted by atomic mass is 35.5. The number of halogens is 2. The van der Waals surface area contributed by atoms with Crippen molar-refractivity contribution in [3.63, 3.8) is 0 Å². The predicted molar refractivity (Wildman–Crippen MR) is 83.3 cm³/mol. The highest BCUT2D eigenvalue weighted by Crippen LogP contribution is 2.24. The summed E-state index contributed by atoms with van der Waals surface area (Å²) in [5.74, 6) is 0.888. The minimum Gasteiger partial charge on any atom is -0.342 e. The van der Waals surface area contributed by atoms with Crippen LogP contribution in [0.3, 0.4) is 0 Å². The molecule has 3 N–H and O–H groups in total. The molecule has 1 aromatic heterocycles. The molecule has 3 nitrogen and oxygen atoms in total. The van der Waals surface area contributed by atoms with Gasteiger partial charge in [0.1, 0.15) is 5.82 Å². The fourth-order valence-corrected chi connectivity index (χ4v) is 2.55. The van der Waals surface area contributed by atoms with Crippen molar-refractivity contribution in [1.82, 2.24) is 9.97 Å². The highest BCUT2D eigenvalue weighted by Gasteiger charge is 2.08. The molecule has 5 heteroatoms. The molecule has 0 amide bonds. The summed E-state index contributed by atoms with van der Waals surface area (Å²) >= 11 is 11.9. The van der Waals surface area contributed by atoms with Gasteiger partial charge >= 0.3 is 0 Å². The van der Waals surface area contributed by atoms with E-state index in [9.17, 15) is 0 Å². The van der Waals surface area contributed by atoms with E-state index >= 15 is 0 Å². The molecule has 102 valence electrons. The Bertz CT molecular complexity index is 765. The SMILES string of the molecule is NCc1cccc2[nH]c(Cc3ccc(Cl)c(Cl)c3)nc12. The topological polar surface area (TPSA) is 54.7 Å². The lowest BCUT2D eigenvalue weighted by Gasteiger charge is -2.00. The molecule has 0 aliphatic heterocycles. The van der Waals surface area contributed by atoms with Gasteiger partial charge in [-0.1, -0.05) is 41.4 Å². The maximum atomic E-state index is 6.03. The van der Waals surface area contributed by atoms with Crippen molar-refractivity contribution in [2.24, 2.45) is 5.73 Å². The molecule has 0 spiro atoms. The molecule has 2 aromatic carbocycles. The van der Waals surface area contributed by atoms with Crippen LogP contribution in [0.2, 0.25) is 10.0 Å². The number of fused-ring (bicyclic) bond motifs is 1. The second-order valence-electron chi connectivity index (χ2n) is 4.63. The monoisotopic (exact) mass is 305 g/mol. The molecular weight excluding hydrogens is 293 g/mol. The van der Waals surface area contributed by atoms with Crippen LogP contribution in [-0.4, -0.2) is 9.97 Å². The Labute approximate surface area is 126 Å². The Morgan fingerprint density at radius 1 is 1.10 bits per heavy atom. The Morgan fingerprint density at radius 2 is 1.95 bits per heavy atom. The Kier molecular flexibility index (Phi) is 3.66. The first-order valence-electron chi connectivity index (χ1n) is 6.28. The molecule has 0 saturated heterocycles. The molecule has 3 rings (SSSR count). The summed E-state index contributed by atoms with van der Waals surface area (Å²) < 4.78 is 0. The van der Waals surface area contributed by atoms with Crippen LogP contribution in [0.15, 0.2) is 36.4 Å². The molecule has 0 fully saturated rings. The lowest BCUT2D eigenvalue weighted by Crippen LogP contribution is -1.96. The van der Waals surface area contributed by atoms with E-state index in [1.165, 1.54) is 0 Å². The first-order chi connectivity index (χ1) is 9.67. The van der Waals surface area contributed by atoms with Crippen LogP contribution < -0.4 is 5.73 Å². The van der Waals surface area contributed by atoms with Crippen LogP contribution in [0.5, 0.6) is 0 Å². The first kappa shape index (κ1) is 13.4. The number of aromatic amines is 1. The normalized spacial score (nSPS) is 11.2. The van der Waals surface area contributed by atoms with Gasteiger partial charge in [0.05, 0.1) is 21.1 Å². The Balaban J connectivity index is 1.96. The van der Waals surface area contributed by atoms with Gasteiger partial charge in [-0.2, -0.15) is 0 Å². The van der Waals surface area contributed by atoms with Crippen molar-refractivity contribution in [2.75, 3.05) is 0 Å². The third-order valence-corrected chi connectivity index (χ3v) is 3.96. The van der Waals surface area contributed by atoms with Gasteiger partial charge in [-0.15, -0.1) is 0 Å². The number of H-pyrrole nitrogens is 1. The number of nitrogens with zero attached hydrogens (tertiary/aromatic N) is 1. The molecule has 0 aliphatic rings. The van der Waals surface area contributed by atoms with Gasteiger partial charge in [-0.3, -0.25) is 0 Å². The van der Waals surface area contributed by atoms with Crippen molar-refractivity contribution in [3.05, 3.63) is 63.4 Å². The molecule has 0 unspecified atom stereocenters. The largest absolute Gasteiger partial charge is 0.342 e. The number of imidazole rings is 1. The van der Waals surface area contributed by atoms with Gasteiger partial charge in [-0.05, 0) is 29.3 Å². The quantitative estimate of drug-likeness (QED) is 0.770. The summed E-state index contributed by atoms with van der Waals surface area (Å²) in [6.45, 7) is 0.481. The molecule has 3 aromatic rings. The maximum absolute atomic E-state index is 6.03. The lowest BCUT2D eigenvalue weighted by molar-refractivity contribution is 1.03. The van der Waals surface area contributed by atoms with Crippen molar-refractivity contribution < 1.29 is 0 Å². The first-order valence-corrected chi connectivity index (χ1v) is 7.03. The second-order valence-corrected chi connectivity index (χ2v) is 5.44. The van der Waals surface area contributed by atoms with E-state index in [2.05, 4.69) is 9.97 Å². The summed E-state index contributed by atoms with van der Waals surface area (Å²) in [7, 11) is 0. The third kappa shape index (κ3) is 2.52. The van der Waals surface area contributed by atoms with E-state index < -0.39 is 0 Å². The zero-order valence-electron chi connectivity index (χ0n) is 10.7. The summed E-state index contributed by atoms with van der Waals surface area (Å²) in [6, 6.07) is 11.6. The number of para-hydroxylation sites is 1. The van der Waals surface area contributed by atoms with Gasteiger partial charge < -0.3 is 10.7 Å². The molecule has 0 radical (unpaired) electrons. The van der Waals surface area contributed by atoms with Crippen LogP contribution in [0, 0.1) is 0 Å². The van der Waals surface area contributed by atoms with Gasteiger partial charge in [0.2, 0.25) is 0 Å². The molecule has 0 atom stereocenters. The average Bonchev–Trinajstić information content (AvgIpc) is 2.85. The maximum Gasteiger partial charge on any atom is 0.111 e. The Hall–Kier alpha value is -1.55. The van der Waals surface area contributed by atoms with Crippen LogP contribution in [0.4, 0.5) is 0 Å². The Morgan fingerprint density at radius 3 is 2.70 bits per heavy atom. The number of hydrogen-bond acceptors (Lipinski definition) is 2. The van der Waals surface area contributed by atoms with Gasteiger partial charge in [0.25, 0.3) is 0 Å². The number of hydrogen-bond donors (Lipinski definition) is 2. The number of nitrogens with two attached hydrogens (primary N) is 1. The predicted octanol–water partition coefficient (Wildman–Crippen LogP) is 3.92. The summed E-state index contributed by atoms with van der Waals surface area (Å²) in [4.78, 5) is 7.93. The summed E-state index contributed by atoms with van der Waals surface area (Å²) in [5, 5.41) is 1.12. The van der Waals surface area contributed by atoms with Crippen LogP contribution in [0.1, 0.15) is 17.0 Å². The highest BCUT2D eigenvalue weighted by molar-refractivity contribution is 6.42. The van der Waals surface area contributed by atoms with Crippen molar-refractivity contribution in [3.8, 4) is 0 Å². The molecule has 1 heterocycles. The van der Waals surface area contributed by atoms with Gasteiger partial charge in [-0.25, -0.2) is 4.98 Å². The van der Waals surface area contributed by atoms with Crippen LogP contribution in [0.25, 0.3) is 11.0 Å². The minimum atomic E-state index is 0.481. The minimum absolute atomic E-state index is 0.481. The van der Waals surface area contributed by atoms with Crippen LogP contribution in [-0.2, 0) is 13.0 Å². The van der Waals surface area contributed by atoms with E-state index in [-0.39, 0.29) is 0 Å². The third-order valence-electron chi connectivity index (χ3n) is 3.22. The second kappa shape index (κ2) is 5.44. The zero-order valence-corrected chi connectivity index (χ0v) is 12.2. The van der Waals surface area contributed by atoms with E-state index in [1.54, 1.807) is 6.07 Å². The number of rotatable bonds is 3. The average molecular weight is 306 g/mol. The summed E-state index contributed by atoms with van der Waals surface area (Å²) in [6.07, 6.45) is 0.676. The van der Waals surface area contributed by atoms with Gasteiger partial charge in [0, 0.05) is 13.0 Å². The zero-order chi connectivity index (χ0) is 14.1. The van der Waals surface area contributed by atoms with Crippen molar-refractivity contribution in [2.45, 2.75) is 13.0 Å². The molecule has 0 aliphatic carbocycles. The fraction of sp³-hybridized carbons (Fsp3) is 0.133. The van der Waals surface area contributed by atoms with E-state index in [0.29, 0.717) is 23.0 Å². The fourth-order valence-electron chi connectivity index (χ4n) is 2.23. The van der Waals surface area contributed by atoms with E-state index in [1.807, 2.05) is 30.3 Å². The standard InChI is InChI=1S/C15H13Cl2N3/c16-11-5-4-9(6-12(11)17)7-14-19-13-3-1-2-10(8-18)15(13)20-14/h1-6H,7-8,18H2,(H,19,20). The summed E-state index contributed by atoms with van der Waals surface area (Å²) in [5.41, 5.74) is 9.77. The van der Waals surface area contributed by atoms with Crippen molar-refractivity contribution >= 4 is 34.2 Å². The van der Waals surface area contributed by atoms with Gasteiger partial charge in [0.15, 0.2) is 0 Å². The molecular formula is C15H13Cl2N3. The molecule has 0 bridgehead atoms. The van der Waals surface area contributed by atoms with Crippen molar-refractivity contribution in [1.29, 1.82) is 0 Å². The van der Waals surface area contributed by atoms with E-state index in [0.717, 1.165) is 28.0 Å².